The third-order valence-electron chi connectivity index (χ3n) is 7.27. The predicted molar refractivity (Wildman–Crippen MR) is 135 cm³/mol. The lowest BCUT2D eigenvalue weighted by Crippen LogP contribution is -2.56. The minimum atomic E-state index is -0.945. The number of carboxylic acid groups (broad SMARTS) is 1. The van der Waals surface area contributed by atoms with Gasteiger partial charge in [0.15, 0.2) is 0 Å². The number of aromatic amines is 1. The Bertz CT molecular complexity index is 1620. The molecule has 4 N–H and O–H groups in total. The number of piperazine rings is 1. The molecule has 2 aliphatic heterocycles. The average Bonchev–Trinajstić information content (AvgIpc) is 3.38. The quantitative estimate of drug-likeness (QED) is 0.371. The van der Waals surface area contributed by atoms with Gasteiger partial charge in [0.25, 0.3) is 11.8 Å². The molecule has 2 atom stereocenters. The van der Waals surface area contributed by atoms with Crippen LogP contribution in [0.5, 0.6) is 0 Å². The van der Waals surface area contributed by atoms with Crippen LogP contribution in [0.3, 0.4) is 0 Å². The van der Waals surface area contributed by atoms with E-state index in [-0.39, 0.29) is 28.6 Å². The second-order valence-electron chi connectivity index (χ2n) is 9.44. The molecule has 2 saturated heterocycles. The molecule has 0 radical (unpaired) electrons. The van der Waals surface area contributed by atoms with Gasteiger partial charge >= 0.3 is 6.09 Å². The van der Waals surface area contributed by atoms with Crippen molar-refractivity contribution in [2.75, 3.05) is 13.1 Å². The van der Waals surface area contributed by atoms with E-state index in [9.17, 15) is 23.9 Å². The molecule has 11 heteroatoms. The van der Waals surface area contributed by atoms with E-state index in [1.54, 1.807) is 23.1 Å². The minimum Gasteiger partial charge on any atom is -0.465 e. The van der Waals surface area contributed by atoms with Crippen molar-refractivity contribution >= 4 is 51.4 Å². The van der Waals surface area contributed by atoms with E-state index in [1.807, 2.05) is 0 Å². The summed E-state index contributed by atoms with van der Waals surface area (Å²) in [7, 11) is 0. The summed E-state index contributed by atoms with van der Waals surface area (Å²) in [5.41, 5.74) is 8.72. The molecule has 2 fully saturated rings. The van der Waals surface area contributed by atoms with Crippen LogP contribution in [0.1, 0.15) is 33.6 Å². The van der Waals surface area contributed by atoms with Gasteiger partial charge in [0, 0.05) is 35.1 Å². The van der Waals surface area contributed by atoms with Gasteiger partial charge in [-0.05, 0) is 55.3 Å². The highest BCUT2D eigenvalue weighted by molar-refractivity contribution is 6.31. The van der Waals surface area contributed by atoms with E-state index < -0.39 is 17.8 Å². The highest BCUT2D eigenvalue weighted by atomic mass is 35.5. The second-order valence-corrected chi connectivity index (χ2v) is 9.85. The second kappa shape index (κ2) is 8.45. The van der Waals surface area contributed by atoms with E-state index >= 15 is 0 Å². The molecule has 3 amide bonds. The summed E-state index contributed by atoms with van der Waals surface area (Å²) in [5.74, 6) is -1.42. The van der Waals surface area contributed by atoms with E-state index in [0.29, 0.717) is 51.8 Å². The molecule has 6 rings (SSSR count). The third kappa shape index (κ3) is 3.75. The summed E-state index contributed by atoms with van der Waals surface area (Å²) >= 11 is 5.95. The van der Waals surface area contributed by atoms with Gasteiger partial charge in [0.2, 0.25) is 0 Å². The summed E-state index contributed by atoms with van der Waals surface area (Å²) in [6.07, 6.45) is 0.537. The molecule has 2 bridgehead atoms. The van der Waals surface area contributed by atoms with Gasteiger partial charge in [0.1, 0.15) is 5.82 Å². The fourth-order valence-electron chi connectivity index (χ4n) is 5.55. The number of carbonyl (C=O) groups is 3. The number of hydrogen-bond acceptors (Lipinski definition) is 4. The fraction of sp³-hybridized carbons (Fsp3) is 0.231. The van der Waals surface area contributed by atoms with Crippen LogP contribution in [-0.2, 0) is 0 Å². The van der Waals surface area contributed by atoms with Crippen molar-refractivity contribution in [3.05, 3.63) is 64.4 Å². The van der Waals surface area contributed by atoms with Crippen molar-refractivity contribution in [3.8, 4) is 11.3 Å². The van der Waals surface area contributed by atoms with Gasteiger partial charge in [-0.3, -0.25) is 14.5 Å². The van der Waals surface area contributed by atoms with Crippen molar-refractivity contribution in [3.63, 3.8) is 0 Å². The molecular weight excluding hydrogens is 501 g/mol. The topological polar surface area (TPSA) is 133 Å². The summed E-state index contributed by atoms with van der Waals surface area (Å²) in [6, 6.07) is 10.4. The number of hydrogen-bond donors (Lipinski definition) is 3. The first-order chi connectivity index (χ1) is 17.7. The molecule has 2 aliphatic rings. The molecule has 37 heavy (non-hydrogen) atoms. The Kier molecular flexibility index (Phi) is 5.30. The SMILES string of the molecule is NC(=O)c1cc(-c2ccc(F)c(Cl)c2)nc2c1[nH]c1cc(C(=O)N3CC4CCC(C3)N4C(=O)O)ccc12. The minimum absolute atomic E-state index is 0.0697. The van der Waals surface area contributed by atoms with E-state index in [2.05, 4.69) is 9.97 Å². The molecule has 4 aromatic rings. The Morgan fingerprint density at radius 1 is 1.08 bits per heavy atom. The third-order valence-corrected chi connectivity index (χ3v) is 7.56. The van der Waals surface area contributed by atoms with Crippen LogP contribution in [-0.4, -0.2) is 68.0 Å². The van der Waals surface area contributed by atoms with E-state index in [4.69, 9.17) is 17.3 Å². The number of H-pyrrole nitrogens is 1. The van der Waals surface area contributed by atoms with Gasteiger partial charge in [-0.15, -0.1) is 0 Å². The standard InChI is InChI=1S/C26H21ClFN5O4/c27-18-7-12(2-6-19(18)28)20-9-17(24(29)34)23-22(30-20)16-5-1-13(8-21(16)31-23)25(35)32-10-14-3-4-15(11-32)33(14)26(36)37/h1-2,5-9,14-15,31H,3-4,10-11H2,(H2,29,34)(H,36,37). The number of pyridine rings is 1. The van der Waals surface area contributed by atoms with Crippen molar-refractivity contribution in [2.24, 2.45) is 5.73 Å². The number of benzene rings is 2. The highest BCUT2D eigenvalue weighted by Crippen LogP contribution is 2.34. The van der Waals surface area contributed by atoms with E-state index in [1.165, 1.54) is 29.2 Å². The lowest BCUT2D eigenvalue weighted by molar-refractivity contribution is 0.0448. The van der Waals surface area contributed by atoms with Crippen LogP contribution in [0.2, 0.25) is 5.02 Å². The fourth-order valence-corrected chi connectivity index (χ4v) is 5.73. The zero-order valence-corrected chi connectivity index (χ0v) is 20.1. The zero-order valence-electron chi connectivity index (χ0n) is 19.4. The normalized spacial score (nSPS) is 19.1. The zero-order chi connectivity index (χ0) is 26.0. The van der Waals surface area contributed by atoms with Gasteiger partial charge in [0.05, 0.1) is 39.4 Å². The lowest BCUT2D eigenvalue weighted by atomic mass is 10.1. The summed E-state index contributed by atoms with van der Waals surface area (Å²) < 4.78 is 13.7. The van der Waals surface area contributed by atoms with Gasteiger partial charge in [-0.2, -0.15) is 0 Å². The van der Waals surface area contributed by atoms with Crippen molar-refractivity contribution in [1.82, 2.24) is 19.8 Å². The number of nitrogens with zero attached hydrogens (tertiary/aromatic N) is 3. The summed E-state index contributed by atoms with van der Waals surface area (Å²) in [6.45, 7) is 0.701. The number of rotatable bonds is 3. The Hall–Kier alpha value is -4.18. The molecule has 4 heterocycles. The highest BCUT2D eigenvalue weighted by Gasteiger charge is 2.44. The number of nitrogens with one attached hydrogen (secondary N) is 1. The number of primary amides is 1. The molecule has 2 aromatic carbocycles. The molecule has 0 spiro atoms. The van der Waals surface area contributed by atoms with Crippen LogP contribution in [0.15, 0.2) is 42.5 Å². The molecule has 0 aliphatic carbocycles. The Balaban J connectivity index is 1.39. The van der Waals surface area contributed by atoms with Crippen molar-refractivity contribution in [1.29, 1.82) is 0 Å². The van der Waals surface area contributed by atoms with Crippen LogP contribution >= 0.6 is 11.6 Å². The molecule has 2 unspecified atom stereocenters. The van der Waals surface area contributed by atoms with Crippen LogP contribution in [0, 0.1) is 5.82 Å². The van der Waals surface area contributed by atoms with Crippen molar-refractivity contribution in [2.45, 2.75) is 24.9 Å². The largest absolute Gasteiger partial charge is 0.465 e. The predicted octanol–water partition coefficient (Wildman–Crippen LogP) is 4.24. The Labute approximate surface area is 214 Å². The molecule has 2 aromatic heterocycles. The number of halogens is 2. The van der Waals surface area contributed by atoms with Crippen LogP contribution in [0.4, 0.5) is 9.18 Å². The summed E-state index contributed by atoms with van der Waals surface area (Å²) in [5, 5.41) is 10.1. The number of fused-ring (bicyclic) bond motifs is 5. The first-order valence-electron chi connectivity index (χ1n) is 11.7. The Morgan fingerprint density at radius 3 is 2.46 bits per heavy atom. The molecule has 188 valence electrons. The number of aromatic nitrogens is 2. The van der Waals surface area contributed by atoms with E-state index in [0.717, 1.165) is 12.8 Å². The maximum atomic E-state index is 13.7. The Morgan fingerprint density at radius 2 is 1.81 bits per heavy atom. The van der Waals surface area contributed by atoms with Crippen LogP contribution in [0.25, 0.3) is 33.2 Å². The monoisotopic (exact) mass is 521 g/mol. The van der Waals surface area contributed by atoms with Gasteiger partial charge < -0.3 is 20.7 Å². The number of amides is 3. The average molecular weight is 522 g/mol. The number of nitrogens with two attached hydrogens (primary N) is 1. The van der Waals surface area contributed by atoms with Crippen LogP contribution < -0.4 is 5.73 Å². The lowest BCUT2D eigenvalue weighted by Gasteiger charge is -2.39. The summed E-state index contributed by atoms with van der Waals surface area (Å²) in [4.78, 5) is 48.2. The van der Waals surface area contributed by atoms with Gasteiger partial charge in [-0.25, -0.2) is 14.2 Å². The molecular formula is C26H21ClFN5O4. The van der Waals surface area contributed by atoms with Gasteiger partial charge in [-0.1, -0.05) is 11.6 Å². The molecule has 0 saturated carbocycles. The smallest absolute Gasteiger partial charge is 0.407 e. The molecule has 9 nitrogen and oxygen atoms in total. The number of likely N-dealkylation sites (tertiary alicyclic amines) is 1. The number of carbonyl (C=O) groups excluding carboxylic acids is 2. The van der Waals surface area contributed by atoms with Crippen molar-refractivity contribution < 1.29 is 23.9 Å². The maximum Gasteiger partial charge on any atom is 0.407 e. The maximum absolute atomic E-state index is 13.7. The first-order valence-corrected chi connectivity index (χ1v) is 12.1. The first kappa shape index (κ1) is 23.2.